The van der Waals surface area contributed by atoms with Crippen molar-refractivity contribution in [2.45, 2.75) is 5.75 Å². The molecule has 0 fully saturated rings. The highest BCUT2D eigenvalue weighted by atomic mass is 35.5. The molecule has 7 heteroatoms. The molecule has 22 heavy (non-hydrogen) atoms. The molecule has 0 saturated carbocycles. The van der Waals surface area contributed by atoms with Gasteiger partial charge in [-0.3, -0.25) is 4.98 Å². The number of hydrogen-bond donors (Lipinski definition) is 2. The average molecular weight is 372 g/mol. The number of halogens is 2. The van der Waals surface area contributed by atoms with Crippen LogP contribution in [0.15, 0.2) is 42.7 Å². The summed E-state index contributed by atoms with van der Waals surface area (Å²) in [6, 6.07) is 9.49. The van der Waals surface area contributed by atoms with Gasteiger partial charge in [-0.05, 0) is 42.0 Å². The summed E-state index contributed by atoms with van der Waals surface area (Å²) in [7, 11) is 0. The van der Waals surface area contributed by atoms with Gasteiger partial charge in [0.15, 0.2) is 5.11 Å². The first kappa shape index (κ1) is 17.3. The third-order valence-electron chi connectivity index (χ3n) is 2.70. The number of hydrogen-bond acceptors (Lipinski definition) is 3. The maximum Gasteiger partial charge on any atom is 0.170 e. The molecule has 0 radical (unpaired) electrons. The zero-order valence-electron chi connectivity index (χ0n) is 11.7. The van der Waals surface area contributed by atoms with Crippen molar-refractivity contribution in [3.05, 3.63) is 58.3 Å². The minimum absolute atomic E-state index is 0.587. The zero-order valence-corrected chi connectivity index (χ0v) is 14.8. The van der Waals surface area contributed by atoms with Gasteiger partial charge in [-0.2, -0.15) is 11.8 Å². The fraction of sp³-hybridized carbons (Fsp3) is 0.200. The van der Waals surface area contributed by atoms with Crippen LogP contribution in [-0.2, 0) is 5.75 Å². The first-order valence-electron chi connectivity index (χ1n) is 6.61. The summed E-state index contributed by atoms with van der Waals surface area (Å²) in [5.74, 6) is 1.83. The summed E-state index contributed by atoms with van der Waals surface area (Å²) < 4.78 is 0. The Balaban J connectivity index is 1.62. The highest BCUT2D eigenvalue weighted by molar-refractivity contribution is 7.98. The summed E-state index contributed by atoms with van der Waals surface area (Å²) in [5, 5.41) is 8.03. The fourth-order valence-corrected chi connectivity index (χ4v) is 3.01. The number of nitrogens with one attached hydrogen (secondary N) is 2. The highest BCUT2D eigenvalue weighted by Crippen LogP contribution is 2.24. The maximum atomic E-state index is 5.99. The van der Waals surface area contributed by atoms with E-state index in [4.69, 9.17) is 35.4 Å². The normalized spacial score (nSPS) is 10.3. The Morgan fingerprint density at radius 1 is 1.23 bits per heavy atom. The molecule has 2 rings (SSSR count). The molecule has 0 bridgehead atoms. The van der Waals surface area contributed by atoms with Crippen LogP contribution < -0.4 is 10.6 Å². The number of thiocarbonyl (C=S) groups is 1. The van der Waals surface area contributed by atoms with Crippen molar-refractivity contribution in [2.24, 2.45) is 0 Å². The van der Waals surface area contributed by atoms with E-state index in [-0.39, 0.29) is 0 Å². The van der Waals surface area contributed by atoms with Gasteiger partial charge < -0.3 is 10.6 Å². The molecule has 0 aliphatic heterocycles. The predicted molar refractivity (Wildman–Crippen MR) is 101 cm³/mol. The quantitative estimate of drug-likeness (QED) is 0.572. The minimum atomic E-state index is 0.587. The summed E-state index contributed by atoms with van der Waals surface area (Å²) in [4.78, 5) is 4.02. The van der Waals surface area contributed by atoms with Gasteiger partial charge in [0.1, 0.15) is 0 Å². The van der Waals surface area contributed by atoms with Crippen LogP contribution in [0.4, 0.5) is 5.69 Å². The molecule has 0 amide bonds. The van der Waals surface area contributed by atoms with E-state index in [9.17, 15) is 0 Å². The Morgan fingerprint density at radius 2 is 2.09 bits per heavy atom. The van der Waals surface area contributed by atoms with Crippen LogP contribution in [0, 0.1) is 0 Å². The number of rotatable bonds is 6. The molecule has 2 aromatic rings. The maximum absolute atomic E-state index is 5.99. The smallest absolute Gasteiger partial charge is 0.170 e. The largest absolute Gasteiger partial charge is 0.362 e. The van der Waals surface area contributed by atoms with Gasteiger partial charge in [-0.15, -0.1) is 0 Å². The second-order valence-electron chi connectivity index (χ2n) is 4.42. The van der Waals surface area contributed by atoms with Gasteiger partial charge >= 0.3 is 0 Å². The SMILES string of the molecule is S=C(NCCSCc1ccc(Cl)c(Cl)c1)Nc1cccnc1. The van der Waals surface area contributed by atoms with Gasteiger partial charge in [-0.25, -0.2) is 0 Å². The van der Waals surface area contributed by atoms with E-state index >= 15 is 0 Å². The lowest BCUT2D eigenvalue weighted by Crippen LogP contribution is -2.30. The number of thioether (sulfide) groups is 1. The summed E-state index contributed by atoms with van der Waals surface area (Å²) in [6.45, 7) is 0.790. The van der Waals surface area contributed by atoms with Crippen LogP contribution in [0.1, 0.15) is 5.56 Å². The van der Waals surface area contributed by atoms with E-state index in [1.807, 2.05) is 30.3 Å². The van der Waals surface area contributed by atoms with E-state index in [2.05, 4.69) is 15.6 Å². The fourth-order valence-electron chi connectivity index (χ4n) is 1.67. The Morgan fingerprint density at radius 3 is 2.82 bits per heavy atom. The average Bonchev–Trinajstić information content (AvgIpc) is 2.51. The van der Waals surface area contributed by atoms with E-state index in [1.54, 1.807) is 24.2 Å². The topological polar surface area (TPSA) is 37.0 Å². The Kier molecular flexibility index (Phi) is 7.25. The Labute approximate surface area is 149 Å². The zero-order chi connectivity index (χ0) is 15.8. The van der Waals surface area contributed by atoms with Gasteiger partial charge in [0.2, 0.25) is 0 Å². The highest BCUT2D eigenvalue weighted by Gasteiger charge is 2.00. The van der Waals surface area contributed by atoms with Gasteiger partial charge in [0, 0.05) is 24.2 Å². The van der Waals surface area contributed by atoms with E-state index < -0.39 is 0 Å². The van der Waals surface area contributed by atoms with Gasteiger partial charge in [-0.1, -0.05) is 29.3 Å². The van der Waals surface area contributed by atoms with Crippen LogP contribution in [0.3, 0.4) is 0 Å². The molecule has 3 nitrogen and oxygen atoms in total. The van der Waals surface area contributed by atoms with E-state index in [0.717, 1.165) is 29.3 Å². The lowest BCUT2D eigenvalue weighted by molar-refractivity contribution is 0.989. The number of anilines is 1. The number of pyridine rings is 1. The van der Waals surface area contributed by atoms with Crippen LogP contribution >= 0.6 is 47.2 Å². The first-order chi connectivity index (χ1) is 10.6. The molecule has 0 saturated heterocycles. The van der Waals surface area contributed by atoms with E-state index in [0.29, 0.717) is 15.2 Å². The van der Waals surface area contributed by atoms with Gasteiger partial charge in [0.25, 0.3) is 0 Å². The molecule has 0 atom stereocenters. The van der Waals surface area contributed by atoms with Crippen molar-refractivity contribution in [1.82, 2.24) is 10.3 Å². The van der Waals surface area contributed by atoms with Crippen molar-refractivity contribution in [3.8, 4) is 0 Å². The van der Waals surface area contributed by atoms with Gasteiger partial charge in [0.05, 0.1) is 21.9 Å². The first-order valence-corrected chi connectivity index (χ1v) is 8.93. The molecule has 0 unspecified atom stereocenters. The molecular weight excluding hydrogens is 357 g/mol. The van der Waals surface area contributed by atoms with Crippen LogP contribution in [0.25, 0.3) is 0 Å². The molecule has 0 aliphatic carbocycles. The standard InChI is InChI=1S/C15H15Cl2N3S2/c16-13-4-3-11(8-14(13)17)10-22-7-6-19-15(21)20-12-2-1-5-18-9-12/h1-5,8-9H,6-7,10H2,(H2,19,20,21). The monoisotopic (exact) mass is 371 g/mol. The van der Waals surface area contributed by atoms with Crippen molar-refractivity contribution >= 4 is 58.0 Å². The van der Waals surface area contributed by atoms with Crippen LogP contribution in [-0.4, -0.2) is 22.4 Å². The second kappa shape index (κ2) is 9.20. The molecule has 0 spiro atoms. The Bertz CT molecular complexity index is 623. The lowest BCUT2D eigenvalue weighted by Gasteiger charge is -2.10. The second-order valence-corrected chi connectivity index (χ2v) is 6.75. The number of aromatic nitrogens is 1. The van der Waals surface area contributed by atoms with Crippen LogP contribution in [0.2, 0.25) is 10.0 Å². The summed E-state index contributed by atoms with van der Waals surface area (Å²) in [6.07, 6.45) is 3.45. The lowest BCUT2D eigenvalue weighted by atomic mass is 10.2. The molecule has 0 aliphatic rings. The Hall–Kier alpha value is -1.01. The third-order valence-corrected chi connectivity index (χ3v) is 4.72. The molecule has 1 aromatic heterocycles. The van der Waals surface area contributed by atoms with E-state index in [1.165, 1.54) is 0 Å². The summed E-state index contributed by atoms with van der Waals surface area (Å²) in [5.41, 5.74) is 2.04. The van der Waals surface area contributed by atoms with Crippen molar-refractivity contribution < 1.29 is 0 Å². The third kappa shape index (κ3) is 6.01. The predicted octanol–water partition coefficient (Wildman–Crippen LogP) is 4.61. The van der Waals surface area contributed by atoms with Crippen LogP contribution in [0.5, 0.6) is 0 Å². The van der Waals surface area contributed by atoms with Crippen molar-refractivity contribution in [1.29, 1.82) is 0 Å². The van der Waals surface area contributed by atoms with Crippen molar-refractivity contribution in [3.63, 3.8) is 0 Å². The molecule has 2 N–H and O–H groups in total. The molecule has 116 valence electrons. The van der Waals surface area contributed by atoms with Crippen molar-refractivity contribution in [2.75, 3.05) is 17.6 Å². The molecule has 1 heterocycles. The molecule has 1 aromatic carbocycles. The minimum Gasteiger partial charge on any atom is -0.362 e. The summed E-state index contributed by atoms with van der Waals surface area (Å²) >= 11 is 18.9. The molecular formula is C15H15Cl2N3S2. The number of benzene rings is 1. The number of nitrogens with zero attached hydrogens (tertiary/aromatic N) is 1.